The number of methoxy groups -OCH3 is 1. The van der Waals surface area contributed by atoms with Gasteiger partial charge in [0.15, 0.2) is 4.90 Å². The van der Waals surface area contributed by atoms with Crippen LogP contribution in [0.15, 0.2) is 29.2 Å². The van der Waals surface area contributed by atoms with Gasteiger partial charge in [-0.25, -0.2) is 8.42 Å². The molecular weight excluding hydrogens is 350 g/mol. The van der Waals surface area contributed by atoms with Crippen molar-refractivity contribution in [2.75, 3.05) is 33.8 Å². The van der Waals surface area contributed by atoms with Crippen LogP contribution in [-0.4, -0.2) is 68.3 Å². The number of nitrogens with zero attached hydrogens (tertiary/aromatic N) is 3. The van der Waals surface area contributed by atoms with Gasteiger partial charge in [0.1, 0.15) is 6.54 Å². The van der Waals surface area contributed by atoms with E-state index in [1.165, 1.54) is 25.3 Å². The van der Waals surface area contributed by atoms with Gasteiger partial charge in [-0.2, -0.15) is 4.31 Å². The van der Waals surface area contributed by atoms with Crippen molar-refractivity contribution in [3.05, 3.63) is 34.4 Å². The number of carbonyl (C=O) groups is 1. The number of ether oxygens (including phenoxy) is 1. The van der Waals surface area contributed by atoms with E-state index in [0.717, 1.165) is 10.4 Å². The van der Waals surface area contributed by atoms with E-state index in [1.54, 1.807) is 0 Å². The zero-order valence-corrected chi connectivity index (χ0v) is 14.9. The minimum atomic E-state index is -4.23. The molecule has 0 atom stereocenters. The Hall–Kier alpha value is -2.04. The molecule has 0 N–H and O–H groups in total. The molecule has 2 rings (SSSR count). The Morgan fingerprint density at radius 1 is 1.36 bits per heavy atom. The maximum Gasteiger partial charge on any atom is 0.321 e. The van der Waals surface area contributed by atoms with Gasteiger partial charge in [-0.3, -0.25) is 14.9 Å². The van der Waals surface area contributed by atoms with E-state index in [0.29, 0.717) is 25.9 Å². The van der Waals surface area contributed by atoms with Crippen LogP contribution >= 0.6 is 0 Å². The van der Waals surface area contributed by atoms with Crippen molar-refractivity contribution in [1.82, 2.24) is 9.21 Å². The first kappa shape index (κ1) is 19.3. The van der Waals surface area contributed by atoms with Crippen molar-refractivity contribution in [3.8, 4) is 0 Å². The van der Waals surface area contributed by atoms with Crippen LogP contribution in [0.25, 0.3) is 0 Å². The monoisotopic (exact) mass is 371 g/mol. The lowest BCUT2D eigenvalue weighted by atomic mass is 10.1. The lowest BCUT2D eigenvalue weighted by molar-refractivity contribution is -0.387. The van der Waals surface area contributed by atoms with Crippen LogP contribution in [0, 0.1) is 10.1 Å². The van der Waals surface area contributed by atoms with Crippen LogP contribution in [0.1, 0.15) is 12.8 Å². The van der Waals surface area contributed by atoms with Crippen LogP contribution in [0.2, 0.25) is 0 Å². The summed E-state index contributed by atoms with van der Waals surface area (Å²) in [5, 5.41) is 11.2. The number of nitro benzene ring substituents is 1. The molecule has 1 aromatic carbocycles. The molecule has 1 heterocycles. The summed E-state index contributed by atoms with van der Waals surface area (Å²) < 4.78 is 31.8. The molecule has 0 saturated carbocycles. The van der Waals surface area contributed by atoms with Gasteiger partial charge in [-0.15, -0.1) is 0 Å². The first-order valence-electron chi connectivity index (χ1n) is 7.78. The summed E-state index contributed by atoms with van der Waals surface area (Å²) in [6.07, 6.45) is 1.07. The molecule has 0 radical (unpaired) electrons. The van der Waals surface area contributed by atoms with Gasteiger partial charge in [-0.1, -0.05) is 12.1 Å². The van der Waals surface area contributed by atoms with Crippen molar-refractivity contribution >= 4 is 21.7 Å². The van der Waals surface area contributed by atoms with Crippen molar-refractivity contribution < 1.29 is 22.9 Å². The van der Waals surface area contributed by atoms with Gasteiger partial charge in [0.25, 0.3) is 15.7 Å². The number of likely N-dealkylation sites (tertiary alicyclic amines) is 1. The number of hydrogen-bond donors (Lipinski definition) is 0. The molecule has 1 fully saturated rings. The normalized spacial score (nSPS) is 16.8. The quantitative estimate of drug-likeness (QED) is 0.414. The summed E-state index contributed by atoms with van der Waals surface area (Å²) in [7, 11) is -1.13. The topological polar surface area (TPSA) is 110 Å². The maximum absolute atomic E-state index is 13.1. The predicted molar refractivity (Wildman–Crippen MR) is 89.5 cm³/mol. The Labute approximate surface area is 146 Å². The number of esters is 1. The highest BCUT2D eigenvalue weighted by atomic mass is 32.2. The second kappa shape index (κ2) is 7.89. The van der Waals surface area contributed by atoms with E-state index in [-0.39, 0.29) is 0 Å². The zero-order chi connectivity index (χ0) is 18.6. The smallest absolute Gasteiger partial charge is 0.321 e. The molecule has 0 aliphatic carbocycles. The molecule has 0 aromatic heterocycles. The number of rotatable bonds is 6. The average Bonchev–Trinajstić information content (AvgIpc) is 2.60. The Bertz CT molecular complexity index is 743. The van der Waals surface area contributed by atoms with Crippen LogP contribution < -0.4 is 0 Å². The number of sulfonamides is 1. The SMILES string of the molecule is COC(=O)CN(C1CCN(C)CC1)S(=O)(=O)c1ccccc1[N+](=O)[O-]. The minimum Gasteiger partial charge on any atom is -0.468 e. The summed E-state index contributed by atoms with van der Waals surface area (Å²) in [5.41, 5.74) is -0.509. The number of nitro groups is 1. The predicted octanol–water partition coefficient (Wildman–Crippen LogP) is 0.853. The molecule has 1 aliphatic heterocycles. The lowest BCUT2D eigenvalue weighted by Crippen LogP contribution is -2.48. The maximum atomic E-state index is 13.1. The Kier molecular flexibility index (Phi) is 6.09. The first-order valence-corrected chi connectivity index (χ1v) is 9.22. The Morgan fingerprint density at radius 3 is 2.52 bits per heavy atom. The molecular formula is C15H21N3O6S. The third-order valence-electron chi connectivity index (χ3n) is 4.26. The van der Waals surface area contributed by atoms with E-state index in [9.17, 15) is 23.3 Å². The van der Waals surface area contributed by atoms with Gasteiger partial charge >= 0.3 is 5.97 Å². The highest BCUT2D eigenvalue weighted by molar-refractivity contribution is 7.89. The first-order chi connectivity index (χ1) is 11.8. The van der Waals surface area contributed by atoms with E-state index in [1.807, 2.05) is 7.05 Å². The van der Waals surface area contributed by atoms with E-state index < -0.39 is 44.1 Å². The fourth-order valence-electron chi connectivity index (χ4n) is 2.84. The van der Waals surface area contributed by atoms with Crippen LogP contribution in [0.3, 0.4) is 0 Å². The number of benzene rings is 1. The highest BCUT2D eigenvalue weighted by Gasteiger charge is 2.38. The molecule has 1 saturated heterocycles. The minimum absolute atomic E-state index is 0.414. The zero-order valence-electron chi connectivity index (χ0n) is 14.1. The van der Waals surface area contributed by atoms with Gasteiger partial charge < -0.3 is 9.64 Å². The van der Waals surface area contributed by atoms with Gasteiger partial charge in [0.05, 0.1) is 12.0 Å². The number of carbonyl (C=O) groups excluding carboxylic acids is 1. The molecule has 0 spiro atoms. The van der Waals surface area contributed by atoms with E-state index >= 15 is 0 Å². The summed E-state index contributed by atoms with van der Waals surface area (Å²) in [5.74, 6) is -0.707. The largest absolute Gasteiger partial charge is 0.468 e. The van der Waals surface area contributed by atoms with E-state index in [4.69, 9.17) is 0 Å². The highest BCUT2D eigenvalue weighted by Crippen LogP contribution is 2.29. The molecule has 0 bridgehead atoms. The Balaban J connectivity index is 2.45. The standard InChI is InChI=1S/C15H21N3O6S/c1-16-9-7-12(8-10-16)17(11-15(19)24-2)25(22,23)14-6-4-3-5-13(14)18(20)21/h3-6,12H,7-11H2,1-2H3. The molecule has 9 nitrogen and oxygen atoms in total. The average molecular weight is 371 g/mol. The van der Waals surface area contributed by atoms with Crippen molar-refractivity contribution in [2.24, 2.45) is 0 Å². The van der Waals surface area contributed by atoms with Gasteiger partial charge in [-0.05, 0) is 39.0 Å². The van der Waals surface area contributed by atoms with Crippen molar-refractivity contribution in [2.45, 2.75) is 23.8 Å². The number of piperidine rings is 1. The molecule has 0 unspecified atom stereocenters. The van der Waals surface area contributed by atoms with Gasteiger partial charge in [0.2, 0.25) is 0 Å². The molecule has 138 valence electrons. The number of hydrogen-bond acceptors (Lipinski definition) is 7. The fourth-order valence-corrected chi connectivity index (χ4v) is 4.63. The van der Waals surface area contributed by atoms with Crippen molar-refractivity contribution in [1.29, 1.82) is 0 Å². The van der Waals surface area contributed by atoms with Gasteiger partial charge in [0, 0.05) is 12.1 Å². The third-order valence-corrected chi connectivity index (χ3v) is 6.20. The second-order valence-electron chi connectivity index (χ2n) is 5.89. The Morgan fingerprint density at radius 2 is 1.96 bits per heavy atom. The fraction of sp³-hybridized carbons (Fsp3) is 0.533. The summed E-state index contributed by atoms with van der Waals surface area (Å²) in [4.78, 5) is 23.9. The molecule has 1 aliphatic rings. The third kappa shape index (κ3) is 4.33. The van der Waals surface area contributed by atoms with Crippen LogP contribution in [0.4, 0.5) is 5.69 Å². The van der Waals surface area contributed by atoms with E-state index in [2.05, 4.69) is 9.64 Å². The molecule has 0 amide bonds. The molecule has 25 heavy (non-hydrogen) atoms. The summed E-state index contributed by atoms with van der Waals surface area (Å²) in [6.45, 7) is 0.878. The van der Waals surface area contributed by atoms with Crippen LogP contribution in [0.5, 0.6) is 0 Å². The molecule has 1 aromatic rings. The van der Waals surface area contributed by atoms with Crippen molar-refractivity contribution in [3.63, 3.8) is 0 Å². The molecule has 10 heteroatoms. The van der Waals surface area contributed by atoms with Crippen LogP contribution in [-0.2, 0) is 19.6 Å². The number of para-hydroxylation sites is 1. The lowest BCUT2D eigenvalue weighted by Gasteiger charge is -2.35. The summed E-state index contributed by atoms with van der Waals surface area (Å²) in [6, 6.07) is 4.73. The second-order valence-corrected chi connectivity index (χ2v) is 7.74. The summed E-state index contributed by atoms with van der Waals surface area (Å²) >= 11 is 0.